The van der Waals surface area contributed by atoms with Gasteiger partial charge in [0.25, 0.3) is 0 Å². The first-order chi connectivity index (χ1) is 12.0. The lowest BCUT2D eigenvalue weighted by Crippen LogP contribution is -2.51. The van der Waals surface area contributed by atoms with Gasteiger partial charge < -0.3 is 19.7 Å². The first kappa shape index (κ1) is 16.8. The van der Waals surface area contributed by atoms with Gasteiger partial charge in [-0.2, -0.15) is 0 Å². The fourth-order valence-corrected chi connectivity index (χ4v) is 3.81. The van der Waals surface area contributed by atoms with Gasteiger partial charge in [0.2, 0.25) is 0 Å². The largest absolute Gasteiger partial charge is 0.347 e. The predicted molar refractivity (Wildman–Crippen MR) is 90.4 cm³/mol. The fraction of sp³-hybridized carbons (Fsp3) is 0.632. The van der Waals surface area contributed by atoms with Gasteiger partial charge >= 0.3 is 6.03 Å². The minimum Gasteiger partial charge on any atom is -0.347 e. The molecular formula is C19H25FN2O3. The minimum absolute atomic E-state index is 0.0389. The lowest BCUT2D eigenvalue weighted by atomic mass is 10.0. The third-order valence-corrected chi connectivity index (χ3v) is 5.41. The Labute approximate surface area is 147 Å². The highest BCUT2D eigenvalue weighted by molar-refractivity contribution is 5.75. The van der Waals surface area contributed by atoms with E-state index in [2.05, 4.69) is 5.32 Å². The molecule has 25 heavy (non-hydrogen) atoms. The van der Waals surface area contributed by atoms with Crippen LogP contribution in [0.4, 0.5) is 9.18 Å². The standard InChI is InChI=1S/C19H25FN2O3/c1-13-12-24-19(25-13)8-10-22(11-9-19)18(23)21-17(14-2-3-14)15-4-6-16(20)7-5-15/h4-7,13-14,17H,2-3,8-12H2,1H3,(H,21,23)/t13-,17+/m1/s1. The number of benzene rings is 1. The first-order valence-electron chi connectivity index (χ1n) is 9.17. The zero-order valence-corrected chi connectivity index (χ0v) is 14.5. The normalized spacial score (nSPS) is 26.6. The number of carbonyl (C=O) groups excluding carboxylic acids is 1. The van der Waals surface area contributed by atoms with Crippen LogP contribution in [0.2, 0.25) is 0 Å². The number of hydrogen-bond acceptors (Lipinski definition) is 3. The summed E-state index contributed by atoms with van der Waals surface area (Å²) >= 11 is 0. The van der Waals surface area contributed by atoms with Crippen LogP contribution < -0.4 is 5.32 Å². The molecular weight excluding hydrogens is 323 g/mol. The van der Waals surface area contributed by atoms with Gasteiger partial charge in [0, 0.05) is 25.9 Å². The third-order valence-electron chi connectivity index (χ3n) is 5.41. The van der Waals surface area contributed by atoms with Crippen LogP contribution >= 0.6 is 0 Å². The summed E-state index contributed by atoms with van der Waals surface area (Å²) in [6.45, 7) is 3.88. The summed E-state index contributed by atoms with van der Waals surface area (Å²) < 4.78 is 24.9. The van der Waals surface area contributed by atoms with Crippen molar-refractivity contribution in [1.29, 1.82) is 0 Å². The van der Waals surface area contributed by atoms with Crippen LogP contribution in [0.25, 0.3) is 0 Å². The van der Waals surface area contributed by atoms with E-state index < -0.39 is 5.79 Å². The lowest BCUT2D eigenvalue weighted by Gasteiger charge is -2.38. The van der Waals surface area contributed by atoms with Gasteiger partial charge in [-0.15, -0.1) is 0 Å². The molecule has 1 saturated carbocycles. The summed E-state index contributed by atoms with van der Waals surface area (Å²) in [4.78, 5) is 14.5. The summed E-state index contributed by atoms with van der Waals surface area (Å²) in [6, 6.07) is 6.36. The van der Waals surface area contributed by atoms with Crippen molar-refractivity contribution in [1.82, 2.24) is 10.2 Å². The van der Waals surface area contributed by atoms with Crippen LogP contribution in [0.5, 0.6) is 0 Å². The summed E-state index contributed by atoms with van der Waals surface area (Å²) in [6.07, 6.45) is 3.74. The van der Waals surface area contributed by atoms with E-state index in [9.17, 15) is 9.18 Å². The third kappa shape index (κ3) is 3.65. The van der Waals surface area contributed by atoms with E-state index >= 15 is 0 Å². The molecule has 2 amide bonds. The first-order valence-corrected chi connectivity index (χ1v) is 9.17. The van der Waals surface area contributed by atoms with Gasteiger partial charge in [-0.05, 0) is 43.4 Å². The molecule has 3 fully saturated rings. The van der Waals surface area contributed by atoms with Crippen LogP contribution in [0, 0.1) is 11.7 Å². The molecule has 0 bridgehead atoms. The molecule has 2 heterocycles. The molecule has 4 rings (SSSR count). The van der Waals surface area contributed by atoms with Crippen molar-refractivity contribution < 1.29 is 18.7 Å². The van der Waals surface area contributed by atoms with E-state index in [4.69, 9.17) is 9.47 Å². The Morgan fingerprint density at radius 2 is 1.96 bits per heavy atom. The molecule has 1 spiro atoms. The van der Waals surface area contributed by atoms with E-state index in [1.807, 2.05) is 11.8 Å². The molecule has 6 heteroatoms. The molecule has 0 aromatic heterocycles. The number of hydrogen-bond donors (Lipinski definition) is 1. The maximum Gasteiger partial charge on any atom is 0.317 e. The summed E-state index contributed by atoms with van der Waals surface area (Å²) in [7, 11) is 0. The number of nitrogens with one attached hydrogen (secondary N) is 1. The Balaban J connectivity index is 1.37. The van der Waals surface area contributed by atoms with E-state index in [1.54, 1.807) is 12.1 Å². The van der Waals surface area contributed by atoms with Crippen LogP contribution in [0.1, 0.15) is 44.2 Å². The fourth-order valence-electron chi connectivity index (χ4n) is 3.81. The Morgan fingerprint density at radius 1 is 1.28 bits per heavy atom. The highest BCUT2D eigenvalue weighted by Crippen LogP contribution is 2.41. The van der Waals surface area contributed by atoms with Gasteiger partial charge in [0.15, 0.2) is 5.79 Å². The molecule has 2 atom stereocenters. The second-order valence-electron chi connectivity index (χ2n) is 7.45. The number of ether oxygens (including phenoxy) is 2. The number of nitrogens with zero attached hydrogens (tertiary/aromatic N) is 1. The number of piperidine rings is 1. The molecule has 1 N–H and O–H groups in total. The zero-order chi connectivity index (χ0) is 17.4. The molecule has 3 aliphatic rings. The van der Waals surface area contributed by atoms with Crippen LogP contribution in [0.15, 0.2) is 24.3 Å². The van der Waals surface area contributed by atoms with Crippen molar-refractivity contribution in [3.63, 3.8) is 0 Å². The Bertz CT molecular complexity index is 624. The maximum atomic E-state index is 13.2. The van der Waals surface area contributed by atoms with Crippen LogP contribution in [-0.4, -0.2) is 42.5 Å². The van der Waals surface area contributed by atoms with Crippen molar-refractivity contribution >= 4 is 6.03 Å². The van der Waals surface area contributed by atoms with Crippen molar-refractivity contribution in [2.24, 2.45) is 5.92 Å². The Hall–Kier alpha value is -1.66. The smallest absolute Gasteiger partial charge is 0.317 e. The number of halogens is 1. The van der Waals surface area contributed by atoms with Crippen molar-refractivity contribution in [3.8, 4) is 0 Å². The van der Waals surface area contributed by atoms with E-state index in [0.717, 1.165) is 18.4 Å². The highest BCUT2D eigenvalue weighted by atomic mass is 19.1. The number of carbonyl (C=O) groups is 1. The van der Waals surface area contributed by atoms with Crippen LogP contribution in [0.3, 0.4) is 0 Å². The average molecular weight is 348 g/mol. The highest BCUT2D eigenvalue weighted by Gasteiger charge is 2.44. The topological polar surface area (TPSA) is 50.8 Å². The lowest BCUT2D eigenvalue weighted by molar-refractivity contribution is -0.189. The number of amides is 2. The minimum atomic E-state index is -0.497. The summed E-state index contributed by atoms with van der Waals surface area (Å²) in [5, 5.41) is 3.16. The molecule has 136 valence electrons. The summed E-state index contributed by atoms with van der Waals surface area (Å²) in [5.41, 5.74) is 0.974. The zero-order valence-electron chi connectivity index (χ0n) is 14.5. The molecule has 0 radical (unpaired) electrons. The van der Waals surface area contributed by atoms with Gasteiger partial charge in [-0.25, -0.2) is 9.18 Å². The summed E-state index contributed by atoms with van der Waals surface area (Å²) in [5.74, 6) is -0.298. The van der Waals surface area contributed by atoms with Crippen LogP contribution in [-0.2, 0) is 9.47 Å². The van der Waals surface area contributed by atoms with E-state index in [-0.39, 0.29) is 24.0 Å². The molecule has 2 aliphatic heterocycles. The van der Waals surface area contributed by atoms with Crippen molar-refractivity contribution in [3.05, 3.63) is 35.6 Å². The molecule has 2 saturated heterocycles. The van der Waals surface area contributed by atoms with E-state index in [1.165, 1.54) is 12.1 Å². The van der Waals surface area contributed by atoms with Gasteiger partial charge in [-0.1, -0.05) is 12.1 Å². The van der Waals surface area contributed by atoms with Gasteiger partial charge in [-0.3, -0.25) is 0 Å². The van der Waals surface area contributed by atoms with Gasteiger partial charge in [0.05, 0.1) is 18.8 Å². The number of rotatable bonds is 3. The second-order valence-corrected chi connectivity index (χ2v) is 7.45. The van der Waals surface area contributed by atoms with E-state index in [0.29, 0.717) is 38.5 Å². The molecule has 5 nitrogen and oxygen atoms in total. The van der Waals surface area contributed by atoms with Gasteiger partial charge in [0.1, 0.15) is 5.82 Å². The molecule has 1 aliphatic carbocycles. The Kier molecular flexibility index (Phi) is 4.41. The van der Waals surface area contributed by atoms with Crippen molar-refractivity contribution in [2.45, 2.75) is 50.5 Å². The predicted octanol–water partition coefficient (Wildman–Crippen LogP) is 3.21. The number of likely N-dealkylation sites (tertiary alicyclic amines) is 1. The van der Waals surface area contributed by atoms with Crippen molar-refractivity contribution in [2.75, 3.05) is 19.7 Å². The molecule has 1 aromatic rings. The molecule has 0 unspecified atom stereocenters. The average Bonchev–Trinajstić information content (AvgIpc) is 3.39. The maximum absolute atomic E-state index is 13.2. The monoisotopic (exact) mass is 348 g/mol. The second kappa shape index (κ2) is 6.57. The molecule has 1 aromatic carbocycles. The Morgan fingerprint density at radius 3 is 2.52 bits per heavy atom. The number of urea groups is 1. The SMILES string of the molecule is C[C@@H]1COC2(CCN(C(=O)N[C@H](c3ccc(F)cc3)C3CC3)CC2)O1. The quantitative estimate of drug-likeness (QED) is 0.912.